The predicted octanol–water partition coefficient (Wildman–Crippen LogP) is -2.06. The lowest BCUT2D eigenvalue weighted by atomic mass is 9.96. The summed E-state index contributed by atoms with van der Waals surface area (Å²) < 4.78 is 28.4. The highest BCUT2D eigenvalue weighted by molar-refractivity contribution is 7.92. The van der Waals surface area contributed by atoms with E-state index in [4.69, 9.17) is 22.6 Å². The number of hydrogen-bond donors (Lipinski definition) is 21. The van der Waals surface area contributed by atoms with Gasteiger partial charge in [0.05, 0.1) is 25.3 Å². The van der Waals surface area contributed by atoms with Crippen LogP contribution in [0.2, 0.25) is 0 Å². The third-order valence-electron chi connectivity index (χ3n) is 19.8. The molecule has 37 nitrogen and oxygen atoms in total. The quantitative estimate of drug-likeness (QED) is 0.0176. The number of aliphatic hydroxyl groups excluding tert-OH is 1. The van der Waals surface area contributed by atoms with Crippen LogP contribution in [0.15, 0.2) is 103 Å². The number of aliphatic hydroxyl groups is 1. The number of aromatic amines is 2. The van der Waals surface area contributed by atoms with Gasteiger partial charge in [-0.3, -0.25) is 72.5 Å². The summed E-state index contributed by atoms with van der Waals surface area (Å²) >= 11 is 0. The Morgan fingerprint density at radius 1 is 0.526 bits per heavy atom. The summed E-state index contributed by atoms with van der Waals surface area (Å²) in [6.45, 7) is 6.08. The number of unbranched alkanes of at least 4 members (excludes halogenated alkanes) is 2. The number of aromatic nitrogens is 2. The number of para-hydroxylation sites is 2. The van der Waals surface area contributed by atoms with Crippen LogP contribution in [0.1, 0.15) is 116 Å². The van der Waals surface area contributed by atoms with Gasteiger partial charge in [-0.2, -0.15) is 0 Å². The minimum absolute atomic E-state index is 0.0218. The van der Waals surface area contributed by atoms with E-state index in [-0.39, 0.29) is 70.9 Å². The van der Waals surface area contributed by atoms with Crippen LogP contribution in [-0.4, -0.2) is 222 Å². The first-order valence-electron chi connectivity index (χ1n) is 38.5. The third-order valence-corrected chi connectivity index (χ3v) is 21.3. The molecule has 1 saturated heterocycles. The predicted molar refractivity (Wildman–Crippen MR) is 429 cm³/mol. The highest BCUT2D eigenvalue weighted by Gasteiger charge is 2.40. The first kappa shape index (κ1) is 91.1. The van der Waals surface area contributed by atoms with Gasteiger partial charge in [-0.05, 0) is 96.5 Å². The Morgan fingerprint density at radius 2 is 1.00 bits per heavy atom. The van der Waals surface area contributed by atoms with Crippen LogP contribution >= 0.6 is 0 Å². The number of sulfone groups is 1. The molecule has 7 rings (SSSR count). The molecule has 2 aromatic heterocycles. The van der Waals surface area contributed by atoms with Gasteiger partial charge in [0.1, 0.15) is 72.2 Å². The van der Waals surface area contributed by atoms with Crippen molar-refractivity contribution in [2.24, 2.45) is 29.0 Å². The van der Waals surface area contributed by atoms with Crippen molar-refractivity contribution in [3.8, 4) is 0 Å². The summed E-state index contributed by atoms with van der Waals surface area (Å²) in [5.74, 6) is -20.8. The number of H-pyrrole nitrogens is 2. The van der Waals surface area contributed by atoms with E-state index in [0.29, 0.717) is 63.1 Å². The van der Waals surface area contributed by atoms with Crippen molar-refractivity contribution < 1.29 is 85.8 Å². The fourth-order valence-corrected chi connectivity index (χ4v) is 14.5. The van der Waals surface area contributed by atoms with Crippen LogP contribution in [0.5, 0.6) is 0 Å². The topological polar surface area (TPSA) is 603 Å². The molecule has 0 radical (unpaired) electrons. The van der Waals surface area contributed by atoms with Gasteiger partial charge >= 0.3 is 5.97 Å². The number of hydrogen-bond acceptors (Lipinski definition) is 19. The highest BCUT2D eigenvalue weighted by Crippen LogP contribution is 2.24. The maximum absolute atomic E-state index is 15.1. The lowest BCUT2D eigenvalue weighted by Crippen LogP contribution is -2.61. The zero-order chi connectivity index (χ0) is 84.9. The van der Waals surface area contributed by atoms with Crippen molar-refractivity contribution >= 4 is 131 Å². The Kier molecular flexibility index (Phi) is 34.6. The SMILES string of the molecule is CCCC[C@H]1NC(=O)[C@H](Cc2c[nH]c3ccccc23)NC(=O)[C@H](CC(=O)O)NC(=O)[C@H](CCCNC(=N)N)NC(=O)CNC(=O)[C@H](CO)NC(=O)[C@H]([C@@H](C)CC)NC(=O)[C@@H](Cc2ccc3ccccc3c2)NC(=O)CS(=O)(=O)C[C@@H](C(N)=O)NC(=O)[C@H](C(C)C)NC(=O)[C@H](Cc2c[nH]c3ccccc23)NC(=O)[C@H](CCCCN)NC1=O. The van der Waals surface area contributed by atoms with E-state index in [2.05, 4.69) is 79.1 Å². The molecular weight excluding hydrogens is 1520 g/mol. The van der Waals surface area contributed by atoms with Gasteiger partial charge in [-0.1, -0.05) is 133 Å². The second kappa shape index (κ2) is 44.0. The number of carbonyl (C=O) groups is 14. The third kappa shape index (κ3) is 27.3. The van der Waals surface area contributed by atoms with Crippen molar-refractivity contribution in [3.05, 3.63) is 120 Å². The molecule has 0 unspecified atom stereocenters. The van der Waals surface area contributed by atoms with E-state index >= 15 is 14.4 Å². The lowest BCUT2D eigenvalue weighted by molar-refractivity contribution is -0.141. The number of rotatable bonds is 24. The van der Waals surface area contributed by atoms with E-state index in [9.17, 15) is 71.4 Å². The Balaban J connectivity index is 1.29. The van der Waals surface area contributed by atoms with Gasteiger partial charge in [0.2, 0.25) is 76.8 Å². The van der Waals surface area contributed by atoms with Crippen molar-refractivity contribution in [1.29, 1.82) is 5.41 Å². The molecule has 1 fully saturated rings. The molecule has 116 heavy (non-hydrogen) atoms. The summed E-state index contributed by atoms with van der Waals surface area (Å²) in [5.41, 5.74) is 19.8. The zero-order valence-corrected chi connectivity index (χ0v) is 66.1. The van der Waals surface area contributed by atoms with E-state index in [1.165, 1.54) is 13.8 Å². The van der Waals surface area contributed by atoms with Crippen LogP contribution < -0.4 is 86.3 Å². The van der Waals surface area contributed by atoms with Gasteiger partial charge < -0.3 is 107 Å². The minimum atomic E-state index is -4.83. The number of guanidine groups is 1. The molecule has 4 aromatic carbocycles. The monoisotopic (exact) mass is 1630 g/mol. The largest absolute Gasteiger partial charge is 0.481 e. The first-order valence-corrected chi connectivity index (χ1v) is 40.3. The number of carboxylic acids is 1. The molecule has 1 aliphatic rings. The summed E-state index contributed by atoms with van der Waals surface area (Å²) in [7, 11) is -4.83. The van der Waals surface area contributed by atoms with Crippen molar-refractivity contribution in [2.45, 2.75) is 185 Å². The van der Waals surface area contributed by atoms with Crippen molar-refractivity contribution in [2.75, 3.05) is 37.7 Å². The maximum Gasteiger partial charge on any atom is 0.305 e. The van der Waals surface area contributed by atoms with Crippen LogP contribution in [0.25, 0.3) is 32.6 Å². The van der Waals surface area contributed by atoms with E-state index < -0.39 is 208 Å². The molecule has 24 N–H and O–H groups in total. The molecule has 38 heteroatoms. The number of carboxylic acid groups (broad SMARTS) is 1. The second-order valence-corrected chi connectivity index (χ2v) is 31.3. The molecule has 0 bridgehead atoms. The van der Waals surface area contributed by atoms with E-state index in [0.717, 1.165) is 5.39 Å². The fourth-order valence-electron chi connectivity index (χ4n) is 13.2. The molecule has 6 aromatic rings. The van der Waals surface area contributed by atoms with Gasteiger partial charge in [-0.25, -0.2) is 8.42 Å². The maximum atomic E-state index is 15.1. The molecule has 0 saturated carbocycles. The van der Waals surface area contributed by atoms with Gasteiger partial charge in [0, 0.05) is 60.0 Å². The minimum Gasteiger partial charge on any atom is -0.481 e. The van der Waals surface area contributed by atoms with Crippen LogP contribution in [-0.2, 0) is 96.2 Å². The fraction of sp³-hybridized carbons (Fsp3) is 0.474. The first-order chi connectivity index (χ1) is 55.2. The van der Waals surface area contributed by atoms with Crippen LogP contribution in [0, 0.1) is 17.2 Å². The number of benzene rings is 4. The molecular formula is C78H107N19O18S. The lowest BCUT2D eigenvalue weighted by Gasteiger charge is -2.29. The van der Waals surface area contributed by atoms with Crippen LogP contribution in [0.4, 0.5) is 0 Å². The number of carbonyl (C=O) groups excluding carboxylic acids is 13. The zero-order valence-electron chi connectivity index (χ0n) is 65.3. The average Bonchev–Trinajstić information content (AvgIpc) is 1.66. The molecule has 0 spiro atoms. The van der Waals surface area contributed by atoms with Crippen LogP contribution in [0.3, 0.4) is 0 Å². The van der Waals surface area contributed by atoms with Crippen molar-refractivity contribution in [3.63, 3.8) is 0 Å². The number of aliphatic carboxylic acids is 1. The number of primary amides is 1. The van der Waals surface area contributed by atoms with E-state index in [1.807, 2.05) is 6.07 Å². The van der Waals surface area contributed by atoms with Gasteiger partial charge in [-0.15, -0.1) is 0 Å². The van der Waals surface area contributed by atoms with Gasteiger partial charge in [0.15, 0.2) is 15.8 Å². The highest BCUT2D eigenvalue weighted by atomic mass is 32.2. The Bertz CT molecular complexity index is 4650. The number of nitrogens with two attached hydrogens (primary N) is 3. The second-order valence-electron chi connectivity index (χ2n) is 29.1. The number of nitrogens with one attached hydrogen (secondary N) is 16. The molecule has 1 aliphatic heterocycles. The average molecular weight is 1630 g/mol. The van der Waals surface area contributed by atoms with E-state index in [1.54, 1.807) is 118 Å². The Labute approximate surface area is 669 Å². The Hall–Kier alpha value is -12.1. The molecule has 13 amide bonds. The Morgan fingerprint density at radius 3 is 1.54 bits per heavy atom. The smallest absolute Gasteiger partial charge is 0.305 e. The summed E-state index contributed by atoms with van der Waals surface area (Å²) in [6.07, 6.45) is 2.15. The molecule has 12 atom stereocenters. The number of amides is 13. The summed E-state index contributed by atoms with van der Waals surface area (Å²) in [6, 6.07) is 7.53. The summed E-state index contributed by atoms with van der Waals surface area (Å²) in [5, 5.41) is 63.8. The standard InChI is InChI=1S/C78H107N19O18S/c1-6-8-22-54-70(106)89-55(25-15-16-29-79)71(107)91-58(34-48-37-85-52-24-14-12-21-50(48)52)75(111)96-65(42(3)4)76(112)95-61(67(80)103)40-116(114,115)41-63(100)88-56(32-44-27-28-45-18-9-10-19-46(45)31-44)74(110)97-66(43(5)7-2)77(113)94-60(39-98)68(104)86-38-62(99)87-53(26-17-30-83-78(81)82)69(105)93-59(35-64(101)102)73(109)92-57(72(108)90-54)33-47-36-84-51-23-13-11-20-49(47)51/h9-14,18-21,23-24,27-28,31,36-37,42-43,53-61,65-66,84-85,98H,6-8,15-17,22,25-26,29-30,32-35,38-41,79H2,1-5H3,(H2,80,103)(H,86,104)(H,87,99)(H,88,100)(H,89,106)(H,90,108)(H,91,107)(H,92,109)(H,93,105)(H,94,113)(H,95,112)(H,96,111)(H,97,110)(H,101,102)(H4,81,82,83)/t43-,53-,54+,55-,56+,57-,58-,59-,60-,61-,65-,66-/m0/s1. The van der Waals surface area contributed by atoms with Crippen molar-refractivity contribution in [1.82, 2.24) is 79.1 Å². The molecule has 628 valence electrons. The number of fused-ring (bicyclic) bond motifs is 3. The molecule has 3 heterocycles. The normalized spacial score (nSPS) is 23.2. The van der Waals surface area contributed by atoms with Gasteiger partial charge in [0.25, 0.3) is 0 Å². The molecule has 0 aliphatic carbocycles. The summed E-state index contributed by atoms with van der Waals surface area (Å²) in [4.78, 5) is 207.